The largest absolute Gasteiger partial charge is 0.388 e. The molecule has 134 valence electrons. The molecule has 1 amide bonds. The smallest absolute Gasteiger partial charge is 0.307 e. The van der Waals surface area contributed by atoms with E-state index in [4.69, 9.17) is 0 Å². The summed E-state index contributed by atoms with van der Waals surface area (Å²) in [6, 6.07) is 9.71. The van der Waals surface area contributed by atoms with Crippen LogP contribution in [-0.4, -0.2) is 33.6 Å². The van der Waals surface area contributed by atoms with Gasteiger partial charge < -0.3 is 14.6 Å². The van der Waals surface area contributed by atoms with Crippen molar-refractivity contribution in [1.29, 1.82) is 0 Å². The summed E-state index contributed by atoms with van der Waals surface area (Å²) in [5, 5.41) is 12.3. The van der Waals surface area contributed by atoms with Gasteiger partial charge in [-0.15, -0.1) is 0 Å². The molecule has 25 heavy (non-hydrogen) atoms. The van der Waals surface area contributed by atoms with Gasteiger partial charge in [-0.25, -0.2) is 0 Å². The van der Waals surface area contributed by atoms with Gasteiger partial charge >= 0.3 is 4.87 Å². The van der Waals surface area contributed by atoms with Crippen molar-refractivity contribution < 1.29 is 9.90 Å². The Morgan fingerprint density at radius 1 is 1.28 bits per heavy atom. The lowest BCUT2D eigenvalue weighted by Gasteiger charge is -2.34. The van der Waals surface area contributed by atoms with Crippen LogP contribution in [0.1, 0.15) is 36.6 Å². The van der Waals surface area contributed by atoms with Gasteiger partial charge in [0, 0.05) is 37.1 Å². The first kappa shape index (κ1) is 17.9. The van der Waals surface area contributed by atoms with Gasteiger partial charge in [-0.2, -0.15) is 0 Å². The number of nitrogens with zero attached hydrogens (tertiary/aromatic N) is 2. The fourth-order valence-corrected chi connectivity index (χ4v) is 4.19. The maximum absolute atomic E-state index is 12.4. The van der Waals surface area contributed by atoms with Gasteiger partial charge in [-0.1, -0.05) is 41.7 Å². The number of hydrogen-bond donors (Lipinski definition) is 1. The summed E-state index contributed by atoms with van der Waals surface area (Å²) in [5.74, 6) is 0.276. The first-order valence-electron chi connectivity index (χ1n) is 8.72. The van der Waals surface area contributed by atoms with Crippen LogP contribution < -0.4 is 4.87 Å². The number of carbonyl (C=O) groups is 1. The van der Waals surface area contributed by atoms with E-state index in [1.807, 2.05) is 47.5 Å². The van der Waals surface area contributed by atoms with Gasteiger partial charge in [0.2, 0.25) is 5.91 Å². The van der Waals surface area contributed by atoms with Crippen molar-refractivity contribution in [2.24, 2.45) is 5.92 Å². The number of aromatic nitrogens is 1. The van der Waals surface area contributed by atoms with E-state index in [9.17, 15) is 14.7 Å². The second-order valence-electron chi connectivity index (χ2n) is 6.62. The van der Waals surface area contributed by atoms with E-state index in [0.29, 0.717) is 26.1 Å². The molecule has 0 bridgehead atoms. The molecule has 1 fully saturated rings. The number of benzene rings is 1. The molecule has 1 aliphatic rings. The Morgan fingerprint density at radius 3 is 2.56 bits per heavy atom. The highest BCUT2D eigenvalue weighted by molar-refractivity contribution is 7.07. The summed E-state index contributed by atoms with van der Waals surface area (Å²) < 4.78 is 1.66. The average Bonchev–Trinajstić information content (AvgIpc) is 2.98. The van der Waals surface area contributed by atoms with Crippen LogP contribution in [-0.2, 0) is 11.3 Å². The summed E-state index contributed by atoms with van der Waals surface area (Å²) >= 11 is 1.17. The molecule has 0 aliphatic carbocycles. The Balaban J connectivity index is 1.50. The Labute approximate surface area is 151 Å². The van der Waals surface area contributed by atoms with Crippen molar-refractivity contribution in [3.8, 4) is 0 Å². The zero-order valence-corrected chi connectivity index (χ0v) is 15.2. The molecule has 2 heterocycles. The number of carbonyl (C=O) groups excluding carboxylic acids is 1. The molecule has 1 atom stereocenters. The van der Waals surface area contributed by atoms with Crippen LogP contribution in [0.15, 0.2) is 40.5 Å². The standard InChI is InChI=1S/C19H24N2O3S/c1-14-13-25-19(24)21(14)12-9-17(22)20-10-7-16(8-11-20)18(23)15-5-3-2-4-6-15/h2-6,13,16,18,23H,7-12H2,1H3. The molecule has 0 spiro atoms. The molecular formula is C19H24N2O3S. The lowest BCUT2D eigenvalue weighted by atomic mass is 9.87. The van der Waals surface area contributed by atoms with Crippen molar-refractivity contribution in [3.63, 3.8) is 0 Å². The predicted octanol–water partition coefficient (Wildman–Crippen LogP) is 2.58. The van der Waals surface area contributed by atoms with Crippen LogP contribution in [0.25, 0.3) is 0 Å². The fraction of sp³-hybridized carbons (Fsp3) is 0.474. The Bertz CT molecular complexity index is 760. The van der Waals surface area contributed by atoms with Gasteiger partial charge in [-0.05, 0) is 31.2 Å². The van der Waals surface area contributed by atoms with E-state index in [0.717, 1.165) is 24.1 Å². The number of aliphatic hydroxyl groups is 1. The van der Waals surface area contributed by atoms with Crippen molar-refractivity contribution >= 4 is 17.2 Å². The molecule has 6 heteroatoms. The molecule has 1 aliphatic heterocycles. The highest BCUT2D eigenvalue weighted by Crippen LogP contribution is 2.30. The van der Waals surface area contributed by atoms with Gasteiger partial charge in [-0.3, -0.25) is 9.59 Å². The second kappa shape index (κ2) is 7.97. The normalized spacial score (nSPS) is 16.8. The van der Waals surface area contributed by atoms with Gasteiger partial charge in [0.15, 0.2) is 0 Å². The van der Waals surface area contributed by atoms with Gasteiger partial charge in [0.25, 0.3) is 0 Å². The first-order chi connectivity index (χ1) is 12.1. The summed E-state index contributed by atoms with van der Waals surface area (Å²) in [4.78, 5) is 26.0. The van der Waals surface area contributed by atoms with E-state index in [-0.39, 0.29) is 16.7 Å². The topological polar surface area (TPSA) is 62.5 Å². The van der Waals surface area contributed by atoms with Gasteiger partial charge in [0.1, 0.15) is 0 Å². The molecule has 1 unspecified atom stereocenters. The van der Waals surface area contributed by atoms with Crippen LogP contribution >= 0.6 is 11.3 Å². The Morgan fingerprint density at radius 2 is 1.96 bits per heavy atom. The third-order valence-corrected chi connectivity index (χ3v) is 5.89. The molecule has 0 radical (unpaired) electrons. The maximum Gasteiger partial charge on any atom is 0.307 e. The average molecular weight is 360 g/mol. The minimum Gasteiger partial charge on any atom is -0.388 e. The number of aryl methyl sites for hydroxylation is 1. The Hall–Kier alpha value is -1.92. The summed E-state index contributed by atoms with van der Waals surface area (Å²) in [5.41, 5.74) is 1.85. The monoisotopic (exact) mass is 360 g/mol. The first-order valence-corrected chi connectivity index (χ1v) is 9.60. The second-order valence-corrected chi connectivity index (χ2v) is 7.44. The molecule has 3 rings (SSSR count). The van der Waals surface area contributed by atoms with E-state index in [1.54, 1.807) is 4.57 Å². The van der Waals surface area contributed by atoms with E-state index in [2.05, 4.69) is 0 Å². The fourth-order valence-electron chi connectivity index (χ4n) is 3.43. The SMILES string of the molecule is Cc1csc(=O)n1CCC(=O)N1CCC(C(O)c2ccccc2)CC1. The molecule has 2 aromatic rings. The minimum absolute atomic E-state index is 0.00464. The summed E-state index contributed by atoms with van der Waals surface area (Å²) in [6.45, 7) is 3.67. The van der Waals surface area contributed by atoms with Crippen LogP contribution in [0.2, 0.25) is 0 Å². The van der Waals surface area contributed by atoms with Crippen molar-refractivity contribution in [3.05, 3.63) is 56.6 Å². The number of thiazole rings is 1. The van der Waals surface area contributed by atoms with Crippen molar-refractivity contribution in [2.75, 3.05) is 13.1 Å². The lowest BCUT2D eigenvalue weighted by molar-refractivity contribution is -0.133. The predicted molar refractivity (Wildman–Crippen MR) is 98.6 cm³/mol. The van der Waals surface area contributed by atoms with E-state index < -0.39 is 6.10 Å². The third kappa shape index (κ3) is 4.19. The minimum atomic E-state index is -0.467. The Kier molecular flexibility index (Phi) is 5.71. The van der Waals surface area contributed by atoms with E-state index >= 15 is 0 Å². The van der Waals surface area contributed by atoms with Crippen LogP contribution in [0.5, 0.6) is 0 Å². The number of likely N-dealkylation sites (tertiary alicyclic amines) is 1. The number of amides is 1. The molecule has 5 nitrogen and oxygen atoms in total. The summed E-state index contributed by atoms with van der Waals surface area (Å²) in [6.07, 6.45) is 1.49. The van der Waals surface area contributed by atoms with Crippen LogP contribution in [0.4, 0.5) is 0 Å². The van der Waals surface area contributed by atoms with Gasteiger partial charge in [0.05, 0.1) is 6.10 Å². The summed E-state index contributed by atoms with van der Waals surface area (Å²) in [7, 11) is 0. The van der Waals surface area contributed by atoms with Crippen molar-refractivity contribution in [1.82, 2.24) is 9.47 Å². The van der Waals surface area contributed by atoms with Crippen LogP contribution in [0, 0.1) is 12.8 Å². The lowest BCUT2D eigenvalue weighted by Crippen LogP contribution is -2.40. The number of rotatable bonds is 5. The molecule has 0 saturated carbocycles. The zero-order chi connectivity index (χ0) is 17.8. The maximum atomic E-state index is 12.4. The quantitative estimate of drug-likeness (QED) is 0.891. The zero-order valence-electron chi connectivity index (χ0n) is 14.4. The number of hydrogen-bond acceptors (Lipinski definition) is 4. The highest BCUT2D eigenvalue weighted by Gasteiger charge is 2.28. The van der Waals surface area contributed by atoms with E-state index in [1.165, 1.54) is 11.3 Å². The number of aliphatic hydroxyl groups excluding tert-OH is 1. The third-order valence-electron chi connectivity index (χ3n) is 5.01. The highest BCUT2D eigenvalue weighted by atomic mass is 32.1. The van der Waals surface area contributed by atoms with Crippen LogP contribution in [0.3, 0.4) is 0 Å². The molecular weight excluding hydrogens is 336 g/mol. The number of piperidine rings is 1. The molecule has 1 aromatic carbocycles. The van der Waals surface area contributed by atoms with Crippen molar-refractivity contribution in [2.45, 2.75) is 38.8 Å². The molecule has 1 N–H and O–H groups in total. The molecule has 1 aromatic heterocycles. The molecule has 1 saturated heterocycles.